The van der Waals surface area contributed by atoms with E-state index in [-0.39, 0.29) is 0 Å². The van der Waals surface area contributed by atoms with Crippen LogP contribution in [0.4, 0.5) is 0 Å². The summed E-state index contributed by atoms with van der Waals surface area (Å²) in [5, 5.41) is 8.12. The zero-order chi connectivity index (χ0) is 8.41. The molecular formula is C8H10O2. The average Bonchev–Trinajstić information content (AvgIpc) is 1.91. The van der Waals surface area contributed by atoms with Crippen molar-refractivity contribution in [1.82, 2.24) is 0 Å². The number of aldehydes is 1. The molecule has 0 amide bonds. The van der Waals surface area contributed by atoms with Crippen LogP contribution in [0.3, 0.4) is 0 Å². The summed E-state index contributed by atoms with van der Waals surface area (Å²) in [5.41, 5.74) is 0. The molecule has 2 heteroatoms. The molecule has 0 fully saturated rings. The predicted octanol–water partition coefficient (Wildman–Crippen LogP) is 0.209. The van der Waals surface area contributed by atoms with Gasteiger partial charge < -0.3 is 5.11 Å². The molecule has 10 heavy (non-hydrogen) atoms. The Morgan fingerprint density at radius 2 is 2.10 bits per heavy atom. The first-order valence-electron chi connectivity index (χ1n) is 2.69. The minimum absolute atomic E-state index is 0.569. The maximum Gasteiger partial charge on any atom is 0.192 e. The fourth-order valence-corrected chi connectivity index (χ4v) is 0.0589. The zero-order valence-corrected chi connectivity index (χ0v) is 6.09. The summed E-state index contributed by atoms with van der Waals surface area (Å²) < 4.78 is 0. The molecule has 0 aromatic carbocycles. The molecular weight excluding hydrogens is 128 g/mol. The van der Waals surface area contributed by atoms with Crippen LogP contribution in [-0.2, 0) is 4.79 Å². The van der Waals surface area contributed by atoms with Crippen molar-refractivity contribution in [3.63, 3.8) is 0 Å². The third-order valence-corrected chi connectivity index (χ3v) is 0.444. The normalized spacial score (nSPS) is 8.60. The molecule has 0 saturated heterocycles. The van der Waals surface area contributed by atoms with Crippen LogP contribution in [-0.4, -0.2) is 17.5 Å². The second-order valence-corrected chi connectivity index (χ2v) is 1.35. The van der Waals surface area contributed by atoms with E-state index < -0.39 is 6.10 Å². The number of terminal acetylenes is 1. The lowest BCUT2D eigenvalue weighted by molar-refractivity contribution is -0.103. The number of aliphatic hydroxyl groups is 1. The Kier molecular flexibility index (Phi) is 12.3. The van der Waals surface area contributed by atoms with E-state index in [1.165, 1.54) is 0 Å². The van der Waals surface area contributed by atoms with Gasteiger partial charge in [-0.1, -0.05) is 11.8 Å². The van der Waals surface area contributed by atoms with Crippen LogP contribution in [0.1, 0.15) is 13.8 Å². The highest BCUT2D eigenvalue weighted by molar-refractivity contribution is 5.72. The van der Waals surface area contributed by atoms with E-state index in [0.717, 1.165) is 0 Å². The monoisotopic (exact) mass is 138 g/mol. The molecule has 0 aliphatic rings. The summed E-state index contributed by atoms with van der Waals surface area (Å²) in [6.07, 6.45) is 4.65. The van der Waals surface area contributed by atoms with E-state index in [4.69, 9.17) is 5.11 Å². The number of hydrogen-bond donors (Lipinski definition) is 1. The topological polar surface area (TPSA) is 37.3 Å². The molecule has 0 aromatic heterocycles. The standard InChI is InChI=1S/C4H6O.C4H4O/c1-3-4(2)5;1-2-3-4-5/h1,4-5H,2H3;4H,1H3. The van der Waals surface area contributed by atoms with Gasteiger partial charge in [0.15, 0.2) is 6.29 Å². The van der Waals surface area contributed by atoms with E-state index >= 15 is 0 Å². The van der Waals surface area contributed by atoms with Gasteiger partial charge in [0.05, 0.1) is 0 Å². The highest BCUT2D eigenvalue weighted by atomic mass is 16.3. The number of carbonyl (C=O) groups is 1. The lowest BCUT2D eigenvalue weighted by Gasteiger charge is -1.80. The Labute approximate surface area is 61.3 Å². The molecule has 0 spiro atoms. The van der Waals surface area contributed by atoms with Crippen molar-refractivity contribution in [3.8, 4) is 24.2 Å². The predicted molar refractivity (Wildman–Crippen MR) is 40.0 cm³/mol. The Morgan fingerprint density at radius 3 is 2.10 bits per heavy atom. The van der Waals surface area contributed by atoms with Crippen LogP contribution >= 0.6 is 0 Å². The van der Waals surface area contributed by atoms with Crippen molar-refractivity contribution in [2.45, 2.75) is 20.0 Å². The minimum atomic E-state index is -0.588. The molecule has 0 aromatic rings. The molecule has 0 aliphatic carbocycles. The van der Waals surface area contributed by atoms with Gasteiger partial charge in [-0.05, 0) is 19.8 Å². The van der Waals surface area contributed by atoms with Crippen molar-refractivity contribution in [1.29, 1.82) is 0 Å². The van der Waals surface area contributed by atoms with Crippen LogP contribution in [0.15, 0.2) is 0 Å². The molecule has 54 valence electrons. The fraction of sp³-hybridized carbons (Fsp3) is 0.375. The number of aliphatic hydroxyl groups excluding tert-OH is 1. The molecule has 1 unspecified atom stereocenters. The minimum Gasteiger partial charge on any atom is -0.381 e. The molecule has 0 heterocycles. The summed E-state index contributed by atoms with van der Waals surface area (Å²) in [7, 11) is 0. The number of rotatable bonds is 0. The molecule has 0 aliphatic heterocycles. The van der Waals surface area contributed by atoms with Gasteiger partial charge in [0, 0.05) is 0 Å². The highest BCUT2D eigenvalue weighted by Crippen LogP contribution is 1.66. The summed E-state index contributed by atoms with van der Waals surface area (Å²) in [6.45, 7) is 3.16. The van der Waals surface area contributed by atoms with Gasteiger partial charge in [0.2, 0.25) is 0 Å². The van der Waals surface area contributed by atoms with E-state index in [1.807, 2.05) is 0 Å². The van der Waals surface area contributed by atoms with Crippen LogP contribution in [0.25, 0.3) is 0 Å². The molecule has 0 saturated carbocycles. The maximum atomic E-state index is 9.23. The highest BCUT2D eigenvalue weighted by Gasteiger charge is 1.75. The smallest absolute Gasteiger partial charge is 0.192 e. The third kappa shape index (κ3) is 29.5. The van der Waals surface area contributed by atoms with Crippen molar-refractivity contribution >= 4 is 6.29 Å². The Balaban J connectivity index is 0. The van der Waals surface area contributed by atoms with Gasteiger partial charge in [0.25, 0.3) is 0 Å². The summed E-state index contributed by atoms with van der Waals surface area (Å²) in [4.78, 5) is 9.23. The quantitative estimate of drug-likeness (QED) is 0.384. The van der Waals surface area contributed by atoms with Gasteiger partial charge in [-0.3, -0.25) is 4.79 Å². The molecule has 0 radical (unpaired) electrons. The first-order valence-corrected chi connectivity index (χ1v) is 2.69. The fourth-order valence-electron chi connectivity index (χ4n) is 0.0589. The van der Waals surface area contributed by atoms with Crippen molar-refractivity contribution in [2.24, 2.45) is 0 Å². The number of hydrogen-bond acceptors (Lipinski definition) is 2. The third-order valence-electron chi connectivity index (χ3n) is 0.444. The molecule has 2 nitrogen and oxygen atoms in total. The van der Waals surface area contributed by atoms with E-state index in [1.54, 1.807) is 13.8 Å². The zero-order valence-electron chi connectivity index (χ0n) is 6.09. The maximum absolute atomic E-state index is 9.23. The van der Waals surface area contributed by atoms with Gasteiger partial charge in [-0.15, -0.1) is 6.42 Å². The van der Waals surface area contributed by atoms with E-state index in [9.17, 15) is 4.79 Å². The summed E-state index contributed by atoms with van der Waals surface area (Å²) >= 11 is 0. The van der Waals surface area contributed by atoms with Gasteiger partial charge in [0.1, 0.15) is 6.10 Å². The Hall–Kier alpha value is -1.25. The number of carbonyl (C=O) groups excluding carboxylic acids is 1. The van der Waals surface area contributed by atoms with Crippen molar-refractivity contribution in [2.75, 3.05) is 0 Å². The lowest BCUT2D eigenvalue weighted by Crippen LogP contribution is -1.90. The summed E-state index contributed by atoms with van der Waals surface area (Å²) in [5.74, 6) is 6.66. The van der Waals surface area contributed by atoms with E-state index in [0.29, 0.717) is 6.29 Å². The average molecular weight is 138 g/mol. The van der Waals surface area contributed by atoms with Gasteiger partial charge >= 0.3 is 0 Å². The van der Waals surface area contributed by atoms with Crippen molar-refractivity contribution in [3.05, 3.63) is 0 Å². The first-order chi connectivity index (χ1) is 4.68. The van der Waals surface area contributed by atoms with Crippen LogP contribution in [0, 0.1) is 24.2 Å². The van der Waals surface area contributed by atoms with Crippen LogP contribution in [0.2, 0.25) is 0 Å². The summed E-state index contributed by atoms with van der Waals surface area (Å²) in [6, 6.07) is 0. The largest absolute Gasteiger partial charge is 0.381 e. The second kappa shape index (κ2) is 10.7. The van der Waals surface area contributed by atoms with Crippen LogP contribution < -0.4 is 0 Å². The van der Waals surface area contributed by atoms with Crippen molar-refractivity contribution < 1.29 is 9.90 Å². The van der Waals surface area contributed by atoms with Gasteiger partial charge in [-0.2, -0.15) is 0 Å². The first kappa shape index (κ1) is 11.5. The Bertz CT molecular complexity index is 164. The molecule has 0 rings (SSSR count). The van der Waals surface area contributed by atoms with Gasteiger partial charge in [-0.25, -0.2) is 0 Å². The van der Waals surface area contributed by atoms with Crippen LogP contribution in [0.5, 0.6) is 0 Å². The van der Waals surface area contributed by atoms with E-state index in [2.05, 4.69) is 24.2 Å². The SMILES string of the molecule is C#CC(C)O.CC#CC=O. The molecule has 1 atom stereocenters. The molecule has 0 bridgehead atoms. The second-order valence-electron chi connectivity index (χ2n) is 1.35. The molecule has 1 N–H and O–H groups in total. The Morgan fingerprint density at radius 1 is 1.70 bits per heavy atom. The lowest BCUT2D eigenvalue weighted by atomic mass is 10.4.